The fraction of sp³-hybridized carbons (Fsp3) is 0.600. The molecule has 0 aliphatic heterocycles. The molecule has 0 unspecified atom stereocenters. The highest BCUT2D eigenvalue weighted by atomic mass is 32.3. The van der Waals surface area contributed by atoms with Crippen LogP contribution >= 0.6 is 169 Å². The molecule has 0 rings (SSSR count). The highest BCUT2D eigenvalue weighted by molar-refractivity contribution is 8.52. The number of carbonyl (C=O) groups excluding carboxylic acids is 4. The number of hydrogen-bond acceptors (Lipinski definition) is 14. The Morgan fingerprint density at radius 2 is 0.821 bits per heavy atom. The van der Waals surface area contributed by atoms with E-state index in [0.717, 1.165) is 47.0 Å². The minimum Gasteiger partial charge on any atom is -0.275 e. The molecular formula is C10H14O4S14. The van der Waals surface area contributed by atoms with E-state index in [0.29, 0.717) is 15.3 Å². The van der Waals surface area contributed by atoms with Gasteiger partial charge in [-0.2, -0.15) is 12.6 Å². The second-order valence-electron chi connectivity index (χ2n) is 3.60. The zero-order valence-electron chi connectivity index (χ0n) is 13.4. The van der Waals surface area contributed by atoms with Gasteiger partial charge in [0, 0.05) is 15.3 Å². The second-order valence-corrected chi connectivity index (χ2v) is 20.4. The monoisotopic (exact) mass is 646 g/mol. The smallest absolute Gasteiger partial charge is 0.244 e. The van der Waals surface area contributed by atoms with E-state index in [1.165, 1.54) is 23.5 Å². The molecule has 4 nitrogen and oxygen atoms in total. The quantitative estimate of drug-likeness (QED) is 0.0927. The van der Waals surface area contributed by atoms with Gasteiger partial charge in [-0.05, 0) is 0 Å². The van der Waals surface area contributed by atoms with Crippen LogP contribution in [0.2, 0.25) is 0 Å². The van der Waals surface area contributed by atoms with Gasteiger partial charge in [-0.3, -0.25) is 19.2 Å². The molecule has 0 aliphatic carbocycles. The lowest BCUT2D eigenvalue weighted by atomic mass is 11.7. The molecule has 0 radical (unpaired) electrons. The molecule has 0 saturated carbocycles. The van der Waals surface area contributed by atoms with E-state index < -0.39 is 0 Å². The Kier molecular flexibility index (Phi) is 22.6. The summed E-state index contributed by atoms with van der Waals surface area (Å²) in [4.78, 5) is 44.7. The van der Waals surface area contributed by atoms with Crippen LogP contribution in [0.4, 0.5) is 19.2 Å². The van der Waals surface area contributed by atoms with Crippen LogP contribution in [0.25, 0.3) is 0 Å². The van der Waals surface area contributed by atoms with Gasteiger partial charge in [0.15, 0.2) is 0 Å². The third-order valence-corrected chi connectivity index (χ3v) is 15.2. The normalized spacial score (nSPS) is 11.4. The summed E-state index contributed by atoms with van der Waals surface area (Å²) >= 11 is 31.0. The van der Waals surface area contributed by atoms with Crippen molar-refractivity contribution < 1.29 is 19.2 Å². The van der Waals surface area contributed by atoms with Crippen molar-refractivity contribution in [2.45, 2.75) is 11.7 Å². The maximum Gasteiger partial charge on any atom is 0.244 e. The molecular weight excluding hydrogens is 633 g/mol. The summed E-state index contributed by atoms with van der Waals surface area (Å²) in [5.41, 5.74) is 0. The molecule has 0 aromatic heterocycles. The minimum atomic E-state index is -0.352. The van der Waals surface area contributed by atoms with Crippen molar-refractivity contribution in [1.29, 1.82) is 0 Å². The Morgan fingerprint density at radius 1 is 0.536 bits per heavy atom. The van der Waals surface area contributed by atoms with Gasteiger partial charge in [0.1, 0.15) is 7.83 Å². The summed E-state index contributed by atoms with van der Waals surface area (Å²) in [6.45, 7) is 0. The van der Waals surface area contributed by atoms with E-state index in [9.17, 15) is 19.2 Å². The van der Waals surface area contributed by atoms with Crippen LogP contribution in [0, 0.1) is 0 Å². The summed E-state index contributed by atoms with van der Waals surface area (Å²) in [6.07, 6.45) is 0. The van der Waals surface area contributed by atoms with Crippen LogP contribution < -0.4 is 0 Å². The molecule has 0 N–H and O–H groups in total. The first-order valence-corrected chi connectivity index (χ1v) is 17.6. The summed E-state index contributed by atoms with van der Waals surface area (Å²) in [5, 5.41) is 1.95. The summed E-state index contributed by atoms with van der Waals surface area (Å²) in [6, 6.07) is 0. The Hall–Kier alpha value is 3.58. The predicted octanol–water partition coefficient (Wildman–Crippen LogP) is 8.44. The van der Waals surface area contributed by atoms with Crippen molar-refractivity contribution in [3.05, 3.63) is 0 Å². The number of rotatable bonds is 14. The SMILES string of the molecule is O=C(S)SC(SCSC(SCS)SCSC(SC(=O)S)SC(=O)S)SC(=O)S. The number of thioether (sulfide) groups is 9. The van der Waals surface area contributed by atoms with Gasteiger partial charge in [-0.25, -0.2) is 0 Å². The van der Waals surface area contributed by atoms with E-state index in [-0.39, 0.29) is 29.5 Å². The van der Waals surface area contributed by atoms with Crippen molar-refractivity contribution in [2.75, 3.05) is 15.3 Å². The average Bonchev–Trinajstić information content (AvgIpc) is 2.52. The zero-order chi connectivity index (χ0) is 21.5. The van der Waals surface area contributed by atoms with Gasteiger partial charge in [-0.15, -0.1) is 58.8 Å². The van der Waals surface area contributed by atoms with Crippen LogP contribution in [0.1, 0.15) is 0 Å². The third kappa shape index (κ3) is 20.2. The van der Waals surface area contributed by atoms with Gasteiger partial charge < -0.3 is 0 Å². The number of carbonyl (C=O) groups is 4. The predicted molar refractivity (Wildman–Crippen MR) is 161 cm³/mol. The van der Waals surface area contributed by atoms with Crippen molar-refractivity contribution in [2.24, 2.45) is 0 Å². The van der Waals surface area contributed by atoms with Gasteiger partial charge >= 0.3 is 0 Å². The summed E-state index contributed by atoms with van der Waals surface area (Å²) in [7, 11) is 0. The average molecular weight is 647 g/mol. The molecule has 0 heterocycles. The first kappa shape index (κ1) is 31.6. The molecule has 0 fully saturated rings. The standard InChI is InChI=1S/C10H14O4S14/c11-4(16)25-9(26-5(12)17)23-2-21-8(20-1-15)22-3-24-10(27-6(13)18)28-7(14)19/h8-10,15H,1-3H2,(H,11,16)(H,12,17)(H,13,18)(H,14,19). The summed E-state index contributed by atoms with van der Waals surface area (Å²) in [5.74, 6) is 0. The summed E-state index contributed by atoms with van der Waals surface area (Å²) < 4.78 is -1.84. The first-order valence-electron chi connectivity index (χ1n) is 6.41. The van der Waals surface area contributed by atoms with E-state index in [1.54, 1.807) is 35.3 Å². The lowest BCUT2D eigenvalue weighted by molar-refractivity contribution is 0.276. The molecule has 0 amide bonds. The lowest BCUT2D eigenvalue weighted by Gasteiger charge is -2.18. The van der Waals surface area contributed by atoms with E-state index in [1.807, 2.05) is 0 Å². The van der Waals surface area contributed by atoms with Crippen LogP contribution in [-0.2, 0) is 0 Å². The Bertz CT molecular complexity index is 444. The second kappa shape index (κ2) is 20.0. The van der Waals surface area contributed by atoms with Crippen molar-refractivity contribution in [1.82, 2.24) is 0 Å². The van der Waals surface area contributed by atoms with Crippen molar-refractivity contribution >= 4 is 187 Å². The van der Waals surface area contributed by atoms with Gasteiger partial charge in [0.25, 0.3) is 0 Å². The van der Waals surface area contributed by atoms with E-state index in [4.69, 9.17) is 0 Å². The zero-order valence-corrected chi connectivity index (χ0v) is 25.2. The fourth-order valence-corrected chi connectivity index (χ4v) is 17.4. The number of thiol groups is 5. The maximum atomic E-state index is 11.2. The van der Waals surface area contributed by atoms with Crippen molar-refractivity contribution in [3.63, 3.8) is 0 Å². The van der Waals surface area contributed by atoms with Crippen LogP contribution in [0.15, 0.2) is 0 Å². The number of hydrogen-bond donors (Lipinski definition) is 5. The third-order valence-electron chi connectivity index (χ3n) is 1.82. The molecule has 162 valence electrons. The molecule has 0 aromatic rings. The molecule has 0 atom stereocenters. The Morgan fingerprint density at radius 3 is 1.07 bits per heavy atom. The molecule has 0 bridgehead atoms. The van der Waals surface area contributed by atoms with E-state index in [2.05, 4.69) is 63.1 Å². The van der Waals surface area contributed by atoms with Crippen molar-refractivity contribution in [3.8, 4) is 0 Å². The van der Waals surface area contributed by atoms with Crippen LogP contribution in [-0.4, -0.2) is 44.8 Å². The molecule has 28 heavy (non-hydrogen) atoms. The minimum absolute atomic E-state index is 0.167. The molecule has 0 aromatic carbocycles. The van der Waals surface area contributed by atoms with Crippen LogP contribution in [0.3, 0.4) is 0 Å². The highest BCUT2D eigenvalue weighted by Gasteiger charge is 2.20. The van der Waals surface area contributed by atoms with Gasteiger partial charge in [-0.1, -0.05) is 97.6 Å². The van der Waals surface area contributed by atoms with E-state index >= 15 is 0 Å². The maximum absolute atomic E-state index is 11.2. The highest BCUT2D eigenvalue weighted by Crippen LogP contribution is 2.45. The van der Waals surface area contributed by atoms with Crippen LogP contribution in [0.5, 0.6) is 0 Å². The van der Waals surface area contributed by atoms with Gasteiger partial charge in [0.2, 0.25) is 17.8 Å². The molecule has 0 saturated heterocycles. The molecule has 0 spiro atoms. The Balaban J connectivity index is 4.44. The fourth-order valence-electron chi connectivity index (χ4n) is 1.02. The van der Waals surface area contributed by atoms with Gasteiger partial charge in [0.05, 0.1) is 3.91 Å². The topological polar surface area (TPSA) is 68.3 Å². The molecule has 0 aliphatic rings. The molecule has 18 heteroatoms. The Labute approximate surface area is 230 Å². The lowest BCUT2D eigenvalue weighted by Crippen LogP contribution is -2.00. The first-order chi connectivity index (χ1) is 13.1. The largest absolute Gasteiger partial charge is 0.275 e.